The smallest absolute Gasteiger partial charge is 0.255 e. The minimum atomic E-state index is -0.570. The fourth-order valence-corrected chi connectivity index (χ4v) is 6.42. The summed E-state index contributed by atoms with van der Waals surface area (Å²) in [5, 5.41) is 2.36. The van der Waals surface area contributed by atoms with Crippen molar-refractivity contribution in [2.75, 3.05) is 13.1 Å². The van der Waals surface area contributed by atoms with E-state index in [4.69, 9.17) is 5.73 Å². The zero-order valence-corrected chi connectivity index (χ0v) is 19.3. The van der Waals surface area contributed by atoms with Gasteiger partial charge in [-0.15, -0.1) is 0 Å². The molecule has 2 unspecified atom stereocenters. The van der Waals surface area contributed by atoms with Gasteiger partial charge in [0.15, 0.2) is 0 Å². The summed E-state index contributed by atoms with van der Waals surface area (Å²) in [5.74, 6) is -0.746. The second kappa shape index (κ2) is 8.03. The SMILES string of the molecule is NC1c2ccccc2CC12CCN(Cc1ccc3c(c1)C(=O)N(C1CCC(=O)NC1=O)C3)CC2. The molecule has 3 N–H and O–H groups in total. The number of rotatable bonds is 3. The molecule has 1 aliphatic carbocycles. The number of likely N-dealkylation sites (tertiary alicyclic amines) is 1. The van der Waals surface area contributed by atoms with Gasteiger partial charge in [-0.1, -0.05) is 36.4 Å². The summed E-state index contributed by atoms with van der Waals surface area (Å²) in [6.07, 6.45) is 3.89. The van der Waals surface area contributed by atoms with Crippen LogP contribution >= 0.6 is 0 Å². The minimum Gasteiger partial charge on any atom is -0.323 e. The molecule has 0 saturated carbocycles. The van der Waals surface area contributed by atoms with Gasteiger partial charge in [0.25, 0.3) is 5.91 Å². The molecule has 2 atom stereocenters. The van der Waals surface area contributed by atoms with Crippen molar-refractivity contribution >= 4 is 17.7 Å². The maximum absolute atomic E-state index is 13.1. The Balaban J connectivity index is 1.11. The summed E-state index contributed by atoms with van der Waals surface area (Å²) in [7, 11) is 0. The first-order chi connectivity index (χ1) is 16.4. The number of piperidine rings is 2. The molecule has 2 aromatic carbocycles. The third-order valence-corrected chi connectivity index (χ3v) is 8.44. The van der Waals surface area contributed by atoms with Crippen LogP contribution in [0.3, 0.4) is 0 Å². The van der Waals surface area contributed by atoms with Crippen LogP contribution in [0.25, 0.3) is 0 Å². The van der Waals surface area contributed by atoms with Gasteiger partial charge in [0.2, 0.25) is 11.8 Å². The van der Waals surface area contributed by atoms with Crippen LogP contribution in [0.15, 0.2) is 42.5 Å². The number of nitrogens with zero attached hydrogens (tertiary/aromatic N) is 2. The topological polar surface area (TPSA) is 95.7 Å². The first kappa shape index (κ1) is 21.5. The maximum atomic E-state index is 13.1. The average Bonchev–Trinajstić information content (AvgIpc) is 3.30. The fourth-order valence-electron chi connectivity index (χ4n) is 6.42. The van der Waals surface area contributed by atoms with Gasteiger partial charge in [0.05, 0.1) is 0 Å². The summed E-state index contributed by atoms with van der Waals surface area (Å²) >= 11 is 0. The zero-order valence-electron chi connectivity index (χ0n) is 19.3. The molecule has 2 aromatic rings. The standard InChI is InChI=1S/C27H30N4O3/c28-24-20-4-2-1-3-18(20)14-27(24)9-11-30(12-10-27)15-17-5-6-19-16-31(26(34)21(19)13-17)22-7-8-23(32)29-25(22)33/h1-6,13,22,24H,7-12,14-16,28H2,(H,29,32,33). The Morgan fingerprint density at radius 2 is 1.82 bits per heavy atom. The number of amides is 3. The van der Waals surface area contributed by atoms with Gasteiger partial charge >= 0.3 is 0 Å². The summed E-state index contributed by atoms with van der Waals surface area (Å²) in [4.78, 5) is 40.9. The molecule has 3 aliphatic heterocycles. The molecule has 7 nitrogen and oxygen atoms in total. The Labute approximate surface area is 199 Å². The molecule has 0 bridgehead atoms. The Morgan fingerprint density at radius 3 is 2.59 bits per heavy atom. The van der Waals surface area contributed by atoms with Crippen molar-refractivity contribution in [2.45, 2.75) is 57.3 Å². The predicted octanol–water partition coefficient (Wildman–Crippen LogP) is 2.29. The molecule has 3 heterocycles. The minimum absolute atomic E-state index is 0.112. The zero-order chi connectivity index (χ0) is 23.4. The lowest BCUT2D eigenvalue weighted by atomic mass is 9.73. The number of benzene rings is 2. The third kappa shape index (κ3) is 3.46. The van der Waals surface area contributed by atoms with Crippen molar-refractivity contribution in [3.63, 3.8) is 0 Å². The van der Waals surface area contributed by atoms with E-state index in [1.54, 1.807) is 4.90 Å². The molecular weight excluding hydrogens is 428 g/mol. The van der Waals surface area contributed by atoms with Gasteiger partial charge in [0, 0.05) is 31.1 Å². The molecule has 34 heavy (non-hydrogen) atoms. The average molecular weight is 459 g/mol. The highest BCUT2D eigenvalue weighted by molar-refractivity contribution is 6.05. The molecule has 2 fully saturated rings. The number of nitrogens with one attached hydrogen (secondary N) is 1. The van der Waals surface area contributed by atoms with E-state index in [0.717, 1.165) is 50.0 Å². The highest BCUT2D eigenvalue weighted by Gasteiger charge is 2.45. The summed E-state index contributed by atoms with van der Waals surface area (Å²) in [6.45, 7) is 3.22. The van der Waals surface area contributed by atoms with Gasteiger partial charge in [-0.05, 0) is 72.5 Å². The molecule has 0 aromatic heterocycles. The first-order valence-electron chi connectivity index (χ1n) is 12.3. The molecular formula is C27H30N4O3. The van der Waals surface area contributed by atoms with E-state index in [-0.39, 0.29) is 35.6 Å². The van der Waals surface area contributed by atoms with Crippen molar-refractivity contribution in [3.8, 4) is 0 Å². The van der Waals surface area contributed by atoms with E-state index in [1.165, 1.54) is 11.1 Å². The number of hydrogen-bond donors (Lipinski definition) is 2. The van der Waals surface area contributed by atoms with Crippen LogP contribution < -0.4 is 11.1 Å². The van der Waals surface area contributed by atoms with Crippen LogP contribution in [0.4, 0.5) is 0 Å². The van der Waals surface area contributed by atoms with Crippen LogP contribution in [0.5, 0.6) is 0 Å². The Kier molecular flexibility index (Phi) is 5.08. The monoisotopic (exact) mass is 458 g/mol. The van der Waals surface area contributed by atoms with E-state index in [0.29, 0.717) is 18.5 Å². The number of carbonyl (C=O) groups is 3. The molecule has 2 saturated heterocycles. The summed E-state index contributed by atoms with van der Waals surface area (Å²) < 4.78 is 0. The van der Waals surface area contributed by atoms with Gasteiger partial charge in [-0.3, -0.25) is 24.6 Å². The first-order valence-corrected chi connectivity index (χ1v) is 12.3. The quantitative estimate of drug-likeness (QED) is 0.688. The van der Waals surface area contributed by atoms with Crippen molar-refractivity contribution in [1.82, 2.24) is 15.1 Å². The molecule has 6 rings (SSSR count). The number of imide groups is 1. The van der Waals surface area contributed by atoms with Gasteiger partial charge < -0.3 is 10.6 Å². The lowest BCUT2D eigenvalue weighted by Crippen LogP contribution is -2.52. The maximum Gasteiger partial charge on any atom is 0.255 e. The van der Waals surface area contributed by atoms with Crippen LogP contribution in [0.2, 0.25) is 0 Å². The lowest BCUT2D eigenvalue weighted by molar-refractivity contribution is -0.136. The predicted molar refractivity (Wildman–Crippen MR) is 127 cm³/mol. The number of fused-ring (bicyclic) bond motifs is 2. The van der Waals surface area contributed by atoms with Gasteiger partial charge in [-0.2, -0.15) is 0 Å². The lowest BCUT2D eigenvalue weighted by Gasteiger charge is -2.42. The van der Waals surface area contributed by atoms with Gasteiger partial charge in [0.1, 0.15) is 6.04 Å². The number of nitrogens with two attached hydrogens (primary N) is 1. The second-order valence-electron chi connectivity index (χ2n) is 10.4. The Hall–Kier alpha value is -3.03. The van der Waals surface area contributed by atoms with Crippen LogP contribution in [0, 0.1) is 5.41 Å². The normalized spacial score (nSPS) is 26.0. The van der Waals surface area contributed by atoms with Crippen molar-refractivity contribution in [2.24, 2.45) is 11.1 Å². The summed E-state index contributed by atoms with van der Waals surface area (Å²) in [5.41, 5.74) is 12.3. The van der Waals surface area contributed by atoms with Crippen LogP contribution in [-0.2, 0) is 29.1 Å². The fraction of sp³-hybridized carbons (Fsp3) is 0.444. The van der Waals surface area contributed by atoms with E-state index in [9.17, 15) is 14.4 Å². The van der Waals surface area contributed by atoms with E-state index >= 15 is 0 Å². The van der Waals surface area contributed by atoms with Crippen LogP contribution in [-0.4, -0.2) is 46.7 Å². The van der Waals surface area contributed by atoms with E-state index in [2.05, 4.69) is 40.5 Å². The highest BCUT2D eigenvalue weighted by atomic mass is 16.2. The molecule has 7 heteroatoms. The van der Waals surface area contributed by atoms with E-state index < -0.39 is 6.04 Å². The highest BCUT2D eigenvalue weighted by Crippen LogP contribution is 2.50. The van der Waals surface area contributed by atoms with Gasteiger partial charge in [-0.25, -0.2) is 0 Å². The van der Waals surface area contributed by atoms with Crippen molar-refractivity contribution in [1.29, 1.82) is 0 Å². The molecule has 176 valence electrons. The van der Waals surface area contributed by atoms with Crippen LogP contribution in [0.1, 0.15) is 64.3 Å². The Morgan fingerprint density at radius 1 is 1.03 bits per heavy atom. The second-order valence-corrected chi connectivity index (χ2v) is 10.4. The van der Waals surface area contributed by atoms with E-state index in [1.807, 2.05) is 12.1 Å². The van der Waals surface area contributed by atoms with Crippen molar-refractivity contribution in [3.05, 3.63) is 70.3 Å². The molecule has 1 spiro atoms. The third-order valence-electron chi connectivity index (χ3n) is 8.44. The summed E-state index contributed by atoms with van der Waals surface area (Å²) in [6, 6.07) is 14.2. The number of hydrogen-bond acceptors (Lipinski definition) is 5. The number of carbonyl (C=O) groups excluding carboxylic acids is 3. The Bertz CT molecular complexity index is 1180. The largest absolute Gasteiger partial charge is 0.323 e. The molecule has 4 aliphatic rings. The molecule has 3 amide bonds. The molecule has 0 radical (unpaired) electrons. The van der Waals surface area contributed by atoms with Crippen molar-refractivity contribution < 1.29 is 14.4 Å².